The first-order valence-electron chi connectivity index (χ1n) is 12.2. The Labute approximate surface area is 247 Å². The van der Waals surface area contributed by atoms with E-state index in [4.69, 9.17) is 0 Å². The molecule has 6 heteroatoms. The fourth-order valence-corrected chi connectivity index (χ4v) is 15.4. The Kier molecular flexibility index (Phi) is 13.1. The fraction of sp³-hybridized carbons (Fsp3) is 0.448. The second kappa shape index (κ2) is 13.1. The van der Waals surface area contributed by atoms with E-state index in [2.05, 4.69) is 130 Å². The van der Waals surface area contributed by atoms with Crippen molar-refractivity contribution in [3.8, 4) is 0 Å². The molecule has 0 saturated heterocycles. The molecule has 0 aromatic heterocycles. The maximum Gasteiger partial charge on any atom is -1.00 e. The third-order valence-electron chi connectivity index (χ3n) is 8.21. The maximum atomic E-state index is 2.66. The Hall–Kier alpha value is -0.0619. The molecule has 0 fully saturated rings. The summed E-state index contributed by atoms with van der Waals surface area (Å²) >= 11 is 2.43. The quantitative estimate of drug-likeness (QED) is 0.319. The molecule has 1 aliphatic carbocycles. The van der Waals surface area contributed by atoms with Gasteiger partial charge in [-0.1, -0.05) is 0 Å². The molecule has 0 radical (unpaired) electrons. The second-order valence-corrected chi connectivity index (χ2v) is 21.4. The van der Waals surface area contributed by atoms with E-state index in [0.717, 1.165) is 0 Å². The molecule has 0 heterocycles. The fourth-order valence-electron chi connectivity index (χ4n) is 5.85. The Morgan fingerprint density at radius 2 is 1.31 bits per heavy atom. The van der Waals surface area contributed by atoms with Crippen LogP contribution < -0.4 is 52.8 Å². The summed E-state index contributed by atoms with van der Waals surface area (Å²) in [6.07, 6.45) is 2.53. The van der Waals surface area contributed by atoms with Crippen LogP contribution >= 0.6 is 0 Å². The summed E-state index contributed by atoms with van der Waals surface area (Å²) in [5.41, 5.74) is 6.08. The molecule has 0 bridgehead atoms. The topological polar surface area (TPSA) is 0 Å². The van der Waals surface area contributed by atoms with Crippen molar-refractivity contribution in [3.05, 3.63) is 74.7 Å². The van der Waals surface area contributed by atoms with Crippen LogP contribution in [0.15, 0.2) is 69.1 Å². The van der Waals surface area contributed by atoms with Crippen molar-refractivity contribution in [1.29, 1.82) is 0 Å². The number of hydrogen-bond donors (Lipinski definition) is 0. The van der Waals surface area contributed by atoms with E-state index in [9.17, 15) is 0 Å². The van der Waals surface area contributed by atoms with Crippen LogP contribution in [0.2, 0.25) is 30.7 Å². The van der Waals surface area contributed by atoms with Gasteiger partial charge in [-0.2, -0.15) is 0 Å². The molecule has 0 amide bonds. The molecule has 1 aliphatic rings. The summed E-state index contributed by atoms with van der Waals surface area (Å²) in [7, 11) is -3.64. The minimum Gasteiger partial charge on any atom is -1.00 e. The van der Waals surface area contributed by atoms with E-state index in [0.29, 0.717) is 0 Å². The Morgan fingerprint density at radius 3 is 1.77 bits per heavy atom. The number of rotatable bonds is 7. The van der Waals surface area contributed by atoms with Crippen LogP contribution in [0.5, 0.6) is 0 Å². The molecule has 0 aliphatic heterocycles. The van der Waals surface area contributed by atoms with Crippen LogP contribution in [0.3, 0.4) is 0 Å². The van der Waals surface area contributed by atoms with E-state index >= 15 is 0 Å². The summed E-state index contributed by atoms with van der Waals surface area (Å²) in [6, 6.07) is 20.6. The predicted molar refractivity (Wildman–Crippen MR) is 145 cm³/mol. The van der Waals surface area contributed by atoms with E-state index < -0.39 is 16.1 Å². The predicted octanol–water partition coefficient (Wildman–Crippen LogP) is -2.15. The van der Waals surface area contributed by atoms with E-state index in [1.807, 2.05) is 0 Å². The van der Waals surface area contributed by atoms with Gasteiger partial charge < -0.3 is 37.2 Å². The minimum atomic E-state index is -2.20. The van der Waals surface area contributed by atoms with Crippen molar-refractivity contribution >= 4 is 31.7 Å². The van der Waals surface area contributed by atoms with Gasteiger partial charge in [0.05, 0.1) is 0 Å². The molecular weight excluding hydrogens is 559 g/mol. The van der Waals surface area contributed by atoms with Gasteiger partial charge in [-0.3, -0.25) is 0 Å². The number of hydrogen-bond acceptors (Lipinski definition) is 0. The Balaban J connectivity index is 0.00000385. The average Bonchev–Trinajstić information content (AvgIpc) is 2.90. The summed E-state index contributed by atoms with van der Waals surface area (Å²) in [6.45, 7) is 21.9. The van der Waals surface area contributed by atoms with Gasteiger partial charge in [-0.05, 0) is 0 Å². The van der Waals surface area contributed by atoms with Gasteiger partial charge in [0.25, 0.3) is 0 Å². The first-order valence-corrected chi connectivity index (χ1v) is 18.7. The summed E-state index contributed by atoms with van der Waals surface area (Å²) in [4.78, 5) is 0. The largest absolute Gasteiger partial charge is 1.00 e. The molecule has 0 nitrogen and oxygen atoms in total. The van der Waals surface area contributed by atoms with Crippen molar-refractivity contribution in [1.82, 2.24) is 0 Å². The molecule has 35 heavy (non-hydrogen) atoms. The molecule has 190 valence electrons. The molecule has 0 N–H and O–H groups in total. The van der Waals surface area contributed by atoms with Gasteiger partial charge in [0.2, 0.25) is 0 Å². The molecular formula is C29H41Cl3Si2Ti. The van der Waals surface area contributed by atoms with E-state index in [1.165, 1.54) is 35.6 Å². The third kappa shape index (κ3) is 6.00. The Morgan fingerprint density at radius 1 is 0.771 bits per heavy atom. The van der Waals surface area contributed by atoms with Crippen LogP contribution in [-0.2, 0) is 20.4 Å². The molecule has 2 aromatic rings. The molecule has 2 aromatic carbocycles. The number of allylic oxidation sites excluding steroid dienone is 4. The molecule has 0 spiro atoms. The number of benzene rings is 2. The monoisotopic (exact) mass is 598 g/mol. The number of unbranched alkanes of at least 4 members (excludes halogenated alkanes) is 1. The minimum absolute atomic E-state index is 0. The zero-order chi connectivity index (χ0) is 23.9. The SMILES string of the molecule is CCCC[Si](c1ccccc1)(c1cc(C)cc([Si](C)(C)C)c1)C1(C)C(C)=C(C)C(C)=[C]1[Ti+3].[Cl-].[Cl-].[Cl-]. The van der Waals surface area contributed by atoms with Gasteiger partial charge >= 0.3 is 212 Å². The van der Waals surface area contributed by atoms with Gasteiger partial charge in [0.1, 0.15) is 0 Å². The zero-order valence-corrected chi connectivity index (χ0v) is 28.7. The van der Waals surface area contributed by atoms with Crippen molar-refractivity contribution < 1.29 is 57.7 Å². The van der Waals surface area contributed by atoms with Gasteiger partial charge in [-0.25, -0.2) is 0 Å². The summed E-state index contributed by atoms with van der Waals surface area (Å²) < 4.78 is 1.61. The summed E-state index contributed by atoms with van der Waals surface area (Å²) in [5, 5.41) is 4.96. The summed E-state index contributed by atoms with van der Waals surface area (Å²) in [5.74, 6) is 0. The normalized spacial score (nSPS) is 19.5. The van der Waals surface area contributed by atoms with Gasteiger partial charge in [0.15, 0.2) is 0 Å². The first kappa shape index (κ1) is 34.9. The molecule has 2 atom stereocenters. The maximum absolute atomic E-state index is 2.66. The third-order valence-corrected chi connectivity index (χ3v) is 18.0. The van der Waals surface area contributed by atoms with Crippen molar-refractivity contribution in [2.75, 3.05) is 0 Å². The van der Waals surface area contributed by atoms with Crippen LogP contribution in [0, 0.1) is 6.92 Å². The molecule has 2 unspecified atom stereocenters. The van der Waals surface area contributed by atoms with Crippen LogP contribution in [0.1, 0.15) is 53.0 Å². The van der Waals surface area contributed by atoms with E-state index in [-0.39, 0.29) is 42.3 Å². The van der Waals surface area contributed by atoms with Crippen molar-refractivity contribution in [2.45, 2.75) is 85.1 Å². The first-order chi connectivity index (χ1) is 14.9. The van der Waals surface area contributed by atoms with Gasteiger partial charge in [-0.15, -0.1) is 0 Å². The van der Waals surface area contributed by atoms with Crippen molar-refractivity contribution in [2.24, 2.45) is 0 Å². The van der Waals surface area contributed by atoms with Crippen LogP contribution in [0.4, 0.5) is 0 Å². The smallest absolute Gasteiger partial charge is 1.00 e. The zero-order valence-electron chi connectivity index (χ0n) is 22.9. The van der Waals surface area contributed by atoms with Crippen molar-refractivity contribution in [3.63, 3.8) is 0 Å². The number of aryl methyl sites for hydroxylation is 1. The standard InChI is InChI=1S/C29H41Si2.3ClH.Ti/c1-10-11-17-31(26-15-13-12-14-16-26,29(6)21-23(3)24(4)25(29)5)28-19-22(2)18-27(20-28)30(7,8)9;;;;/h12-16,18-20H,10-11,17H2,1-9H3;3*1H;/q;;;;+3/p-3. The second-order valence-electron chi connectivity index (χ2n) is 11.1. The molecule has 3 rings (SSSR count). The van der Waals surface area contributed by atoms with Gasteiger partial charge in [0, 0.05) is 0 Å². The Bertz CT molecular complexity index is 1050. The van der Waals surface area contributed by atoms with E-state index in [1.54, 1.807) is 25.0 Å². The molecule has 0 saturated carbocycles. The van der Waals surface area contributed by atoms with Crippen LogP contribution in [-0.4, -0.2) is 16.1 Å². The number of halogens is 3. The average molecular weight is 600 g/mol. The van der Waals surface area contributed by atoms with Crippen LogP contribution in [0.25, 0.3) is 0 Å².